The zero-order chi connectivity index (χ0) is 23.9. The minimum absolute atomic E-state index is 0.212. The van der Waals surface area contributed by atoms with E-state index in [-0.39, 0.29) is 22.4 Å². The van der Waals surface area contributed by atoms with E-state index in [1.54, 1.807) is 0 Å². The summed E-state index contributed by atoms with van der Waals surface area (Å²) in [4.78, 5) is 22.2. The van der Waals surface area contributed by atoms with Crippen molar-refractivity contribution in [1.29, 1.82) is 0 Å². The zero-order valence-corrected chi connectivity index (χ0v) is 15.7. The Morgan fingerprint density at radius 3 is 1.87 bits per heavy atom. The van der Waals surface area contributed by atoms with E-state index in [0.29, 0.717) is 12.1 Å². The van der Waals surface area contributed by atoms with Crippen molar-refractivity contribution in [3.05, 3.63) is 62.7 Å². The minimum atomic E-state index is -6.29. The average Bonchev–Trinajstić information content (AvgIpc) is 2.61. The van der Waals surface area contributed by atoms with Gasteiger partial charge in [0.15, 0.2) is 5.75 Å². The Morgan fingerprint density at radius 1 is 0.968 bits per heavy atom. The zero-order valence-electron chi connectivity index (χ0n) is 15.7. The molecule has 0 aromatic heterocycles. The van der Waals surface area contributed by atoms with Crippen LogP contribution in [0.5, 0.6) is 5.75 Å². The molecular weight excluding hydrogens is 441 g/mol. The number of nitro benzene ring substituents is 1. The number of amides is 1. The van der Waals surface area contributed by atoms with Gasteiger partial charge in [-0.05, 0) is 37.1 Å². The Bertz CT molecular complexity index is 1010. The van der Waals surface area contributed by atoms with Crippen molar-refractivity contribution in [1.82, 2.24) is 0 Å². The summed E-state index contributed by atoms with van der Waals surface area (Å²) < 4.78 is 92.2. The number of aryl methyl sites for hydroxylation is 2. The molecule has 2 aromatic rings. The second-order valence-electron chi connectivity index (χ2n) is 6.55. The molecule has 0 heterocycles. The van der Waals surface area contributed by atoms with Crippen molar-refractivity contribution < 1.29 is 45.6 Å². The van der Waals surface area contributed by atoms with E-state index < -0.39 is 45.9 Å². The molecule has 1 amide bonds. The van der Waals surface area contributed by atoms with Gasteiger partial charge in [0.25, 0.3) is 5.91 Å². The summed E-state index contributed by atoms with van der Waals surface area (Å²) in [5.41, 5.74) is -9.29. The third kappa shape index (κ3) is 4.25. The Kier molecular flexibility index (Phi) is 5.94. The van der Waals surface area contributed by atoms with Crippen molar-refractivity contribution >= 4 is 17.3 Å². The van der Waals surface area contributed by atoms with Crippen LogP contribution in [0.3, 0.4) is 0 Å². The number of hydrogen-bond donors (Lipinski definition) is 2. The predicted molar refractivity (Wildman–Crippen MR) is 93.5 cm³/mol. The van der Waals surface area contributed by atoms with Gasteiger partial charge in [0.1, 0.15) is 0 Å². The third-order valence-corrected chi connectivity index (χ3v) is 4.38. The molecule has 0 fully saturated rings. The van der Waals surface area contributed by atoms with Crippen molar-refractivity contribution in [2.75, 3.05) is 5.32 Å². The van der Waals surface area contributed by atoms with Gasteiger partial charge in [-0.2, -0.15) is 26.3 Å². The van der Waals surface area contributed by atoms with Crippen LogP contribution in [0.4, 0.5) is 42.1 Å². The highest BCUT2D eigenvalue weighted by Gasteiger charge is 2.73. The van der Waals surface area contributed by atoms with Gasteiger partial charge in [0, 0.05) is 22.9 Å². The standard InChI is InChI=1S/C18H13F7N2O4/c1-8-5-11(16(19,17(20,21)22)18(23,24)25)6-9(2)14(8)26-15(29)10-3-4-13(28)12(7-10)27(30)31/h3-7,28H,1-2H3,(H,26,29). The molecule has 2 aromatic carbocycles. The molecule has 0 bridgehead atoms. The average molecular weight is 454 g/mol. The number of rotatable bonds is 4. The molecule has 0 aliphatic heterocycles. The number of nitro groups is 1. The van der Waals surface area contributed by atoms with Gasteiger partial charge in [0.2, 0.25) is 0 Å². The molecule has 6 nitrogen and oxygen atoms in total. The second kappa shape index (κ2) is 7.71. The van der Waals surface area contributed by atoms with Crippen LogP contribution in [0.25, 0.3) is 0 Å². The van der Waals surface area contributed by atoms with E-state index >= 15 is 0 Å². The monoisotopic (exact) mass is 454 g/mol. The number of nitrogens with zero attached hydrogens (tertiary/aromatic N) is 1. The van der Waals surface area contributed by atoms with Crippen LogP contribution >= 0.6 is 0 Å². The van der Waals surface area contributed by atoms with Crippen LogP contribution in [0.2, 0.25) is 0 Å². The summed E-state index contributed by atoms with van der Waals surface area (Å²) in [6, 6.07) is 3.21. The number of nitrogens with one attached hydrogen (secondary N) is 1. The molecule has 0 atom stereocenters. The number of aromatic hydroxyl groups is 1. The second-order valence-corrected chi connectivity index (χ2v) is 6.55. The molecule has 0 saturated heterocycles. The molecule has 13 heteroatoms. The Morgan fingerprint density at radius 2 is 1.45 bits per heavy atom. The predicted octanol–water partition coefficient (Wildman–Crippen LogP) is 5.46. The van der Waals surface area contributed by atoms with E-state index in [1.165, 1.54) is 0 Å². The number of halogens is 7. The number of phenolic OH excluding ortho intramolecular Hbond substituents is 1. The SMILES string of the molecule is Cc1cc(C(F)(C(F)(F)F)C(F)(F)F)cc(C)c1NC(=O)c1ccc(O)c([N+](=O)[O-])c1. The molecule has 0 aliphatic carbocycles. The third-order valence-electron chi connectivity index (χ3n) is 4.38. The van der Waals surface area contributed by atoms with Crippen LogP contribution in [-0.4, -0.2) is 28.3 Å². The van der Waals surface area contributed by atoms with Crippen molar-refractivity contribution in [2.45, 2.75) is 31.9 Å². The maximum absolute atomic E-state index is 14.3. The number of hydrogen-bond acceptors (Lipinski definition) is 4. The number of carbonyl (C=O) groups is 1. The highest BCUT2D eigenvalue weighted by molar-refractivity contribution is 6.05. The molecule has 0 saturated carbocycles. The number of benzene rings is 2. The van der Waals surface area contributed by atoms with E-state index in [4.69, 9.17) is 0 Å². The van der Waals surface area contributed by atoms with Gasteiger partial charge >= 0.3 is 23.7 Å². The number of carbonyl (C=O) groups excluding carboxylic acids is 1. The fourth-order valence-corrected chi connectivity index (χ4v) is 2.84. The maximum Gasteiger partial charge on any atom is 0.435 e. The summed E-state index contributed by atoms with van der Waals surface area (Å²) in [6.45, 7) is 2.11. The van der Waals surface area contributed by atoms with Crippen LogP contribution in [-0.2, 0) is 5.67 Å². The minimum Gasteiger partial charge on any atom is -0.502 e. The van der Waals surface area contributed by atoms with Crippen LogP contribution in [0, 0.1) is 24.0 Å². The summed E-state index contributed by atoms with van der Waals surface area (Å²) >= 11 is 0. The molecule has 2 N–H and O–H groups in total. The van der Waals surface area contributed by atoms with Gasteiger partial charge in [0.05, 0.1) is 4.92 Å². The lowest BCUT2D eigenvalue weighted by molar-refractivity contribution is -0.385. The van der Waals surface area contributed by atoms with Gasteiger partial charge in [-0.1, -0.05) is 12.1 Å². The lowest BCUT2D eigenvalue weighted by Gasteiger charge is -2.31. The first-order chi connectivity index (χ1) is 14.0. The molecule has 0 radical (unpaired) electrons. The molecule has 2 rings (SSSR count). The van der Waals surface area contributed by atoms with E-state index in [9.17, 15) is 50.7 Å². The normalized spacial score (nSPS) is 12.5. The van der Waals surface area contributed by atoms with Crippen molar-refractivity contribution in [3.63, 3.8) is 0 Å². The number of anilines is 1. The van der Waals surface area contributed by atoms with E-state index in [0.717, 1.165) is 32.0 Å². The van der Waals surface area contributed by atoms with Gasteiger partial charge in [-0.25, -0.2) is 4.39 Å². The highest BCUT2D eigenvalue weighted by Crippen LogP contribution is 2.53. The topological polar surface area (TPSA) is 92.5 Å². The summed E-state index contributed by atoms with van der Waals surface area (Å²) in [6.07, 6.45) is -12.6. The quantitative estimate of drug-likeness (QED) is 0.365. The molecule has 0 unspecified atom stereocenters. The fraction of sp³-hybridized carbons (Fsp3) is 0.278. The van der Waals surface area contributed by atoms with Gasteiger partial charge in [-0.3, -0.25) is 14.9 Å². The Labute approximate surface area is 169 Å². The van der Waals surface area contributed by atoms with Crippen LogP contribution in [0.15, 0.2) is 30.3 Å². The summed E-state index contributed by atoms with van der Waals surface area (Å²) in [5.74, 6) is -1.72. The maximum atomic E-state index is 14.3. The first kappa shape index (κ1) is 23.9. The molecular formula is C18H13F7N2O4. The molecule has 0 spiro atoms. The first-order valence-corrected chi connectivity index (χ1v) is 8.23. The molecule has 168 valence electrons. The van der Waals surface area contributed by atoms with Crippen LogP contribution in [0.1, 0.15) is 27.0 Å². The lowest BCUT2D eigenvalue weighted by atomic mass is 9.90. The fourth-order valence-electron chi connectivity index (χ4n) is 2.84. The smallest absolute Gasteiger partial charge is 0.435 e. The van der Waals surface area contributed by atoms with E-state index in [2.05, 4.69) is 5.32 Å². The van der Waals surface area contributed by atoms with Gasteiger partial charge in [-0.15, -0.1) is 0 Å². The summed E-state index contributed by atoms with van der Waals surface area (Å²) in [7, 11) is 0. The number of phenols is 1. The Hall–Kier alpha value is -3.38. The summed E-state index contributed by atoms with van der Waals surface area (Å²) in [5, 5.41) is 22.5. The van der Waals surface area contributed by atoms with Crippen molar-refractivity contribution in [2.24, 2.45) is 0 Å². The van der Waals surface area contributed by atoms with Gasteiger partial charge < -0.3 is 10.4 Å². The molecule has 31 heavy (non-hydrogen) atoms. The molecule has 0 aliphatic rings. The largest absolute Gasteiger partial charge is 0.502 e. The first-order valence-electron chi connectivity index (χ1n) is 8.23. The van der Waals surface area contributed by atoms with E-state index in [1.807, 2.05) is 0 Å². The lowest BCUT2D eigenvalue weighted by Crippen LogP contribution is -2.50. The number of alkyl halides is 7. The Balaban J connectivity index is 2.49. The van der Waals surface area contributed by atoms with Crippen molar-refractivity contribution in [3.8, 4) is 5.75 Å². The van der Waals surface area contributed by atoms with Crippen LogP contribution < -0.4 is 5.32 Å². The highest BCUT2D eigenvalue weighted by atomic mass is 19.4.